The van der Waals surface area contributed by atoms with Gasteiger partial charge in [0.15, 0.2) is 11.6 Å². The molecule has 0 bridgehead atoms. The van der Waals surface area contributed by atoms with Gasteiger partial charge in [0, 0.05) is 14.1 Å². The average molecular weight is 242 g/mol. The van der Waals surface area contributed by atoms with E-state index in [0.29, 0.717) is 5.95 Å². The van der Waals surface area contributed by atoms with Gasteiger partial charge in [-0.15, -0.1) is 0 Å². The minimum absolute atomic E-state index is 0.0182. The molecule has 0 aliphatic rings. The van der Waals surface area contributed by atoms with E-state index < -0.39 is 5.82 Å². The molecule has 17 heavy (non-hydrogen) atoms. The van der Waals surface area contributed by atoms with Crippen molar-refractivity contribution in [3.63, 3.8) is 0 Å². The quantitative estimate of drug-likeness (QED) is 0.810. The fourth-order valence-corrected chi connectivity index (χ4v) is 1.33. The van der Waals surface area contributed by atoms with Gasteiger partial charge in [0.1, 0.15) is 0 Å². The monoisotopic (exact) mass is 242 g/mol. The van der Waals surface area contributed by atoms with Gasteiger partial charge in [0.25, 0.3) is 0 Å². The molecule has 1 heterocycles. The maximum atomic E-state index is 13.4. The number of nitrogens with one attached hydrogen (secondary N) is 1. The van der Waals surface area contributed by atoms with E-state index in [4.69, 9.17) is 0 Å². The van der Waals surface area contributed by atoms with Crippen LogP contribution in [0.15, 0.2) is 6.20 Å². The Bertz CT molecular complexity index is 370. The third-order valence-corrected chi connectivity index (χ3v) is 2.47. The summed E-state index contributed by atoms with van der Waals surface area (Å²) in [5.74, 6) is 0.313. The summed E-state index contributed by atoms with van der Waals surface area (Å²) in [6.45, 7) is 3.93. The molecule has 5 nitrogen and oxygen atoms in total. The molecule has 2 N–H and O–H groups in total. The molecule has 1 rings (SSSR count). The Morgan fingerprint density at radius 1 is 1.47 bits per heavy atom. The number of nitrogens with zero attached hydrogens (tertiary/aromatic N) is 3. The zero-order valence-corrected chi connectivity index (χ0v) is 10.6. The fraction of sp³-hybridized carbons (Fsp3) is 0.636. The first kappa shape index (κ1) is 13.6. The molecular formula is C11H19FN4O. The van der Waals surface area contributed by atoms with Crippen LogP contribution in [0, 0.1) is 11.7 Å². The lowest BCUT2D eigenvalue weighted by Crippen LogP contribution is -2.30. The van der Waals surface area contributed by atoms with Crippen molar-refractivity contribution in [2.75, 3.05) is 30.9 Å². The number of anilines is 2. The van der Waals surface area contributed by atoms with Crippen molar-refractivity contribution in [1.82, 2.24) is 9.97 Å². The lowest BCUT2D eigenvalue weighted by atomic mass is 10.1. The van der Waals surface area contributed by atoms with Crippen LogP contribution in [0.4, 0.5) is 16.2 Å². The summed E-state index contributed by atoms with van der Waals surface area (Å²) in [4.78, 5) is 9.49. The zero-order valence-electron chi connectivity index (χ0n) is 10.6. The molecule has 6 heteroatoms. The minimum atomic E-state index is -0.467. The van der Waals surface area contributed by atoms with Gasteiger partial charge in [0.05, 0.1) is 18.8 Å². The predicted molar refractivity (Wildman–Crippen MR) is 65.7 cm³/mol. The van der Waals surface area contributed by atoms with Crippen LogP contribution in [0.25, 0.3) is 0 Å². The maximum absolute atomic E-state index is 13.4. The van der Waals surface area contributed by atoms with E-state index in [-0.39, 0.29) is 24.4 Å². The third kappa shape index (κ3) is 3.52. The van der Waals surface area contributed by atoms with Gasteiger partial charge in [0.2, 0.25) is 5.95 Å². The molecule has 0 saturated heterocycles. The zero-order chi connectivity index (χ0) is 13.0. The summed E-state index contributed by atoms with van der Waals surface area (Å²) < 4.78 is 13.4. The molecule has 1 aromatic rings. The van der Waals surface area contributed by atoms with Gasteiger partial charge in [-0.3, -0.25) is 0 Å². The van der Waals surface area contributed by atoms with Gasteiger partial charge in [-0.25, -0.2) is 9.37 Å². The molecule has 0 fully saturated rings. The van der Waals surface area contributed by atoms with Crippen molar-refractivity contribution in [3.8, 4) is 0 Å². The average Bonchev–Trinajstić information content (AvgIpc) is 2.27. The largest absolute Gasteiger partial charge is 0.394 e. The molecule has 1 aromatic heterocycles. The van der Waals surface area contributed by atoms with Crippen LogP contribution >= 0.6 is 0 Å². The second kappa shape index (κ2) is 5.77. The molecule has 0 aromatic carbocycles. The standard InChI is InChI=1S/C11H19FN4O/c1-7(2)9(6-17)14-11-13-5-8(12)10(15-11)16(3)4/h5,7,9,17H,6H2,1-4H3,(H,13,14,15). The molecular weight excluding hydrogens is 223 g/mol. The number of rotatable bonds is 5. The van der Waals surface area contributed by atoms with E-state index in [2.05, 4.69) is 15.3 Å². The van der Waals surface area contributed by atoms with Gasteiger partial charge in [-0.2, -0.15) is 4.98 Å². The van der Waals surface area contributed by atoms with Crippen molar-refractivity contribution < 1.29 is 9.50 Å². The highest BCUT2D eigenvalue weighted by Crippen LogP contribution is 2.16. The first-order valence-corrected chi connectivity index (χ1v) is 5.53. The SMILES string of the molecule is CC(C)C(CO)Nc1ncc(F)c(N(C)C)n1. The van der Waals surface area contributed by atoms with Crippen molar-refractivity contribution in [2.45, 2.75) is 19.9 Å². The fourth-order valence-electron chi connectivity index (χ4n) is 1.33. The Kier molecular flexibility index (Phi) is 4.62. The normalized spacial score (nSPS) is 12.6. The Morgan fingerprint density at radius 2 is 2.12 bits per heavy atom. The van der Waals surface area contributed by atoms with Crippen molar-refractivity contribution >= 4 is 11.8 Å². The summed E-state index contributed by atoms with van der Waals surface area (Å²) in [5.41, 5.74) is 0. The summed E-state index contributed by atoms with van der Waals surface area (Å²) in [6, 6.07) is -0.143. The van der Waals surface area contributed by atoms with E-state index in [9.17, 15) is 9.50 Å². The smallest absolute Gasteiger partial charge is 0.225 e. The third-order valence-electron chi connectivity index (χ3n) is 2.47. The molecule has 0 amide bonds. The molecule has 0 spiro atoms. The van der Waals surface area contributed by atoms with Crippen molar-refractivity contribution in [1.29, 1.82) is 0 Å². The van der Waals surface area contributed by atoms with Crippen molar-refractivity contribution in [3.05, 3.63) is 12.0 Å². The van der Waals surface area contributed by atoms with E-state index in [1.165, 1.54) is 0 Å². The highest BCUT2D eigenvalue weighted by atomic mass is 19.1. The molecule has 96 valence electrons. The highest BCUT2D eigenvalue weighted by molar-refractivity contribution is 5.42. The number of hydrogen-bond acceptors (Lipinski definition) is 5. The van der Waals surface area contributed by atoms with Gasteiger partial charge < -0.3 is 15.3 Å². The van der Waals surface area contributed by atoms with Crippen LogP contribution < -0.4 is 10.2 Å². The Balaban J connectivity index is 2.88. The first-order chi connectivity index (χ1) is 7.95. The number of aromatic nitrogens is 2. The number of aliphatic hydroxyl groups is 1. The molecule has 1 atom stereocenters. The number of halogens is 1. The Hall–Kier alpha value is -1.43. The predicted octanol–water partition coefficient (Wildman–Crippen LogP) is 1.11. The molecule has 0 radical (unpaired) electrons. The number of hydrogen-bond donors (Lipinski definition) is 2. The highest BCUT2D eigenvalue weighted by Gasteiger charge is 2.15. The molecule has 0 aliphatic heterocycles. The molecule has 0 saturated carbocycles. The van der Waals surface area contributed by atoms with Crippen LogP contribution in [-0.2, 0) is 0 Å². The van der Waals surface area contributed by atoms with Crippen LogP contribution in [0.1, 0.15) is 13.8 Å². The van der Waals surface area contributed by atoms with E-state index >= 15 is 0 Å². The van der Waals surface area contributed by atoms with Crippen LogP contribution in [0.2, 0.25) is 0 Å². The van der Waals surface area contributed by atoms with Crippen molar-refractivity contribution in [2.24, 2.45) is 5.92 Å². The number of aliphatic hydroxyl groups excluding tert-OH is 1. The molecule has 0 aliphatic carbocycles. The summed E-state index contributed by atoms with van der Waals surface area (Å²) in [6.07, 6.45) is 1.12. The van der Waals surface area contributed by atoms with E-state index in [1.807, 2.05) is 13.8 Å². The summed E-state index contributed by atoms with van der Waals surface area (Å²) in [7, 11) is 3.42. The lowest BCUT2D eigenvalue weighted by molar-refractivity contribution is 0.248. The lowest BCUT2D eigenvalue weighted by Gasteiger charge is -2.20. The topological polar surface area (TPSA) is 61.3 Å². The van der Waals surface area contributed by atoms with Crippen LogP contribution in [0.5, 0.6) is 0 Å². The second-order valence-electron chi connectivity index (χ2n) is 4.44. The van der Waals surface area contributed by atoms with E-state index in [1.54, 1.807) is 19.0 Å². The van der Waals surface area contributed by atoms with Gasteiger partial charge in [-0.1, -0.05) is 13.8 Å². The second-order valence-corrected chi connectivity index (χ2v) is 4.44. The van der Waals surface area contributed by atoms with Gasteiger partial charge in [-0.05, 0) is 5.92 Å². The first-order valence-electron chi connectivity index (χ1n) is 5.53. The maximum Gasteiger partial charge on any atom is 0.225 e. The van der Waals surface area contributed by atoms with Crippen LogP contribution in [-0.4, -0.2) is 41.8 Å². The molecule has 1 unspecified atom stereocenters. The Morgan fingerprint density at radius 3 is 2.59 bits per heavy atom. The van der Waals surface area contributed by atoms with E-state index in [0.717, 1.165) is 6.20 Å². The Labute approximate surface area is 101 Å². The summed E-state index contributed by atoms with van der Waals surface area (Å²) in [5, 5.41) is 12.2. The summed E-state index contributed by atoms with van der Waals surface area (Å²) >= 11 is 0. The van der Waals surface area contributed by atoms with Gasteiger partial charge >= 0.3 is 0 Å². The van der Waals surface area contributed by atoms with Crippen LogP contribution in [0.3, 0.4) is 0 Å². The minimum Gasteiger partial charge on any atom is -0.394 e.